The number of rotatable bonds is 2. The van der Waals surface area contributed by atoms with Gasteiger partial charge in [0.2, 0.25) is 0 Å². The van der Waals surface area contributed by atoms with E-state index in [-0.39, 0.29) is 5.91 Å². The normalized spacial score (nSPS) is 26.1. The molecule has 2 unspecified atom stereocenters. The largest absolute Gasteiger partial charge is 0.334 e. The Balaban J connectivity index is 1.83. The van der Waals surface area contributed by atoms with Crippen LogP contribution in [-0.4, -0.2) is 41.0 Å². The number of nitrogens with one attached hydrogen (secondary N) is 1. The zero-order valence-corrected chi connectivity index (χ0v) is 13.1. The molecule has 0 saturated carbocycles. The molecule has 21 heavy (non-hydrogen) atoms. The maximum Gasteiger partial charge on any atom is 0.255 e. The van der Waals surface area contributed by atoms with Crippen LogP contribution in [0.1, 0.15) is 53.8 Å². The molecule has 2 aliphatic rings. The van der Waals surface area contributed by atoms with E-state index in [2.05, 4.69) is 15.2 Å². The first kappa shape index (κ1) is 14.5. The summed E-state index contributed by atoms with van der Waals surface area (Å²) in [4.78, 5) is 19.5. The number of piperidine rings is 1. The molecule has 0 radical (unpaired) electrons. The summed E-state index contributed by atoms with van der Waals surface area (Å²) < 4.78 is 0. The van der Waals surface area contributed by atoms with Gasteiger partial charge < -0.3 is 10.2 Å². The molecule has 2 saturated heterocycles. The van der Waals surface area contributed by atoms with Crippen LogP contribution in [-0.2, 0) is 0 Å². The Bertz CT molecular complexity index is 523. The molecule has 0 aliphatic carbocycles. The van der Waals surface area contributed by atoms with Crippen LogP contribution in [0.4, 0.5) is 0 Å². The Labute approximate surface area is 126 Å². The van der Waals surface area contributed by atoms with E-state index >= 15 is 0 Å². The molecule has 3 rings (SSSR count). The van der Waals surface area contributed by atoms with Gasteiger partial charge in [-0.3, -0.25) is 9.78 Å². The second-order valence-electron chi connectivity index (χ2n) is 6.35. The average molecular weight is 287 g/mol. The van der Waals surface area contributed by atoms with Crippen LogP contribution in [0, 0.1) is 13.8 Å². The number of aromatic nitrogens is 1. The van der Waals surface area contributed by atoms with Crippen LogP contribution in [0.5, 0.6) is 0 Å². The van der Waals surface area contributed by atoms with Gasteiger partial charge in [0.1, 0.15) is 0 Å². The molecular weight excluding hydrogens is 262 g/mol. The highest BCUT2D eigenvalue weighted by Gasteiger charge is 2.35. The standard InChI is InChI=1S/C17H25N3O/c1-12-8-9-14(13(2)19-12)17(21)20-11-4-3-7-16(20)15-6-5-10-18-15/h8-9,15-16,18H,3-7,10-11H2,1-2H3. The molecule has 1 amide bonds. The Kier molecular flexibility index (Phi) is 4.24. The van der Waals surface area contributed by atoms with Crippen molar-refractivity contribution in [3.8, 4) is 0 Å². The number of nitrogens with zero attached hydrogens (tertiary/aromatic N) is 2. The summed E-state index contributed by atoms with van der Waals surface area (Å²) in [6, 6.07) is 4.71. The fourth-order valence-electron chi connectivity index (χ4n) is 3.74. The van der Waals surface area contributed by atoms with Gasteiger partial charge in [0.05, 0.1) is 11.3 Å². The van der Waals surface area contributed by atoms with Crippen molar-refractivity contribution in [1.29, 1.82) is 0 Å². The van der Waals surface area contributed by atoms with Crippen molar-refractivity contribution >= 4 is 5.91 Å². The first-order chi connectivity index (χ1) is 10.2. The molecule has 2 fully saturated rings. The van der Waals surface area contributed by atoms with Crippen molar-refractivity contribution in [3.05, 3.63) is 29.1 Å². The summed E-state index contributed by atoms with van der Waals surface area (Å²) >= 11 is 0. The van der Waals surface area contributed by atoms with Crippen LogP contribution in [0.15, 0.2) is 12.1 Å². The Morgan fingerprint density at radius 1 is 1.24 bits per heavy atom. The second-order valence-corrected chi connectivity index (χ2v) is 6.35. The van der Waals surface area contributed by atoms with E-state index in [1.165, 1.54) is 19.3 Å². The van der Waals surface area contributed by atoms with Crippen molar-refractivity contribution in [3.63, 3.8) is 0 Å². The van der Waals surface area contributed by atoms with E-state index in [0.29, 0.717) is 12.1 Å². The van der Waals surface area contributed by atoms with Gasteiger partial charge in [-0.2, -0.15) is 0 Å². The lowest BCUT2D eigenvalue weighted by molar-refractivity contribution is 0.0562. The summed E-state index contributed by atoms with van der Waals surface area (Å²) in [5, 5.41) is 3.58. The number of pyridine rings is 1. The quantitative estimate of drug-likeness (QED) is 0.908. The summed E-state index contributed by atoms with van der Waals surface area (Å²) in [5.74, 6) is 0.165. The van der Waals surface area contributed by atoms with Crippen molar-refractivity contribution in [2.45, 2.75) is 58.0 Å². The number of hydrogen-bond donors (Lipinski definition) is 1. The third kappa shape index (κ3) is 2.95. The van der Waals surface area contributed by atoms with Gasteiger partial charge in [-0.05, 0) is 64.6 Å². The van der Waals surface area contributed by atoms with Gasteiger partial charge in [0.25, 0.3) is 5.91 Å². The minimum atomic E-state index is 0.165. The summed E-state index contributed by atoms with van der Waals surface area (Å²) in [6.45, 7) is 5.88. The average Bonchev–Trinajstić information content (AvgIpc) is 3.01. The number of hydrogen-bond acceptors (Lipinski definition) is 3. The predicted molar refractivity (Wildman–Crippen MR) is 83.4 cm³/mol. The number of aryl methyl sites for hydroxylation is 2. The van der Waals surface area contributed by atoms with Crippen LogP contribution in [0.2, 0.25) is 0 Å². The van der Waals surface area contributed by atoms with Gasteiger partial charge in [0.15, 0.2) is 0 Å². The molecule has 0 aromatic carbocycles. The minimum Gasteiger partial charge on any atom is -0.334 e. The zero-order chi connectivity index (χ0) is 14.8. The van der Waals surface area contributed by atoms with Crippen LogP contribution < -0.4 is 5.32 Å². The third-order valence-electron chi connectivity index (χ3n) is 4.83. The molecule has 0 spiro atoms. The monoisotopic (exact) mass is 287 g/mol. The van der Waals surface area contributed by atoms with Crippen molar-refractivity contribution in [2.24, 2.45) is 0 Å². The van der Waals surface area contributed by atoms with E-state index in [1.54, 1.807) is 0 Å². The van der Waals surface area contributed by atoms with Gasteiger partial charge in [0, 0.05) is 24.3 Å². The molecule has 0 bridgehead atoms. The lowest BCUT2D eigenvalue weighted by atomic mass is 9.93. The topological polar surface area (TPSA) is 45.2 Å². The van der Waals surface area contributed by atoms with Gasteiger partial charge in [-0.25, -0.2) is 0 Å². The lowest BCUT2D eigenvalue weighted by Crippen LogP contribution is -2.52. The maximum atomic E-state index is 13.0. The van der Waals surface area contributed by atoms with Crippen LogP contribution >= 0.6 is 0 Å². The van der Waals surface area contributed by atoms with E-state index in [9.17, 15) is 4.79 Å². The fraction of sp³-hybridized carbons (Fsp3) is 0.647. The molecule has 4 nitrogen and oxygen atoms in total. The molecule has 1 aromatic rings. The molecule has 2 aliphatic heterocycles. The first-order valence-electron chi connectivity index (χ1n) is 8.15. The van der Waals surface area contributed by atoms with Gasteiger partial charge >= 0.3 is 0 Å². The number of carbonyl (C=O) groups is 1. The van der Waals surface area contributed by atoms with E-state index in [0.717, 1.165) is 42.9 Å². The number of likely N-dealkylation sites (tertiary alicyclic amines) is 1. The number of carbonyl (C=O) groups excluding carboxylic acids is 1. The van der Waals surface area contributed by atoms with E-state index < -0.39 is 0 Å². The molecule has 114 valence electrons. The minimum absolute atomic E-state index is 0.165. The Morgan fingerprint density at radius 3 is 2.81 bits per heavy atom. The molecule has 4 heteroatoms. The van der Waals surface area contributed by atoms with Crippen LogP contribution in [0.3, 0.4) is 0 Å². The number of amides is 1. The van der Waals surface area contributed by atoms with Crippen LogP contribution in [0.25, 0.3) is 0 Å². The molecular formula is C17H25N3O. The lowest BCUT2D eigenvalue weighted by Gasteiger charge is -2.39. The second kappa shape index (κ2) is 6.14. The highest BCUT2D eigenvalue weighted by atomic mass is 16.2. The SMILES string of the molecule is Cc1ccc(C(=O)N2CCCCC2C2CCCN2)c(C)n1. The highest BCUT2D eigenvalue weighted by Crippen LogP contribution is 2.26. The Morgan fingerprint density at radius 2 is 2.10 bits per heavy atom. The fourth-order valence-corrected chi connectivity index (χ4v) is 3.74. The molecule has 2 atom stereocenters. The molecule has 3 heterocycles. The third-order valence-corrected chi connectivity index (χ3v) is 4.83. The Hall–Kier alpha value is -1.42. The predicted octanol–water partition coefficient (Wildman–Crippen LogP) is 2.45. The van der Waals surface area contributed by atoms with Crippen molar-refractivity contribution in [2.75, 3.05) is 13.1 Å². The summed E-state index contributed by atoms with van der Waals surface area (Å²) in [7, 11) is 0. The van der Waals surface area contributed by atoms with E-state index in [4.69, 9.17) is 0 Å². The highest BCUT2D eigenvalue weighted by molar-refractivity contribution is 5.95. The maximum absolute atomic E-state index is 13.0. The first-order valence-corrected chi connectivity index (χ1v) is 8.15. The van der Waals surface area contributed by atoms with Gasteiger partial charge in [-0.15, -0.1) is 0 Å². The smallest absolute Gasteiger partial charge is 0.255 e. The van der Waals surface area contributed by atoms with Crippen molar-refractivity contribution in [1.82, 2.24) is 15.2 Å². The zero-order valence-electron chi connectivity index (χ0n) is 13.1. The van der Waals surface area contributed by atoms with Crippen molar-refractivity contribution < 1.29 is 4.79 Å². The summed E-state index contributed by atoms with van der Waals surface area (Å²) in [6.07, 6.45) is 5.90. The van der Waals surface area contributed by atoms with Gasteiger partial charge in [-0.1, -0.05) is 0 Å². The molecule has 1 aromatic heterocycles. The molecule has 1 N–H and O–H groups in total. The van der Waals surface area contributed by atoms with E-state index in [1.807, 2.05) is 26.0 Å². The summed E-state index contributed by atoms with van der Waals surface area (Å²) in [5.41, 5.74) is 2.59.